The predicted molar refractivity (Wildman–Crippen MR) is 123 cm³/mol. The van der Waals surface area contributed by atoms with Crippen molar-refractivity contribution in [3.63, 3.8) is 0 Å². The molecule has 0 unspecified atom stereocenters. The minimum atomic E-state index is 0. The number of hydrogen-bond acceptors (Lipinski definition) is 1. The third-order valence-electron chi connectivity index (χ3n) is 5.01. The van der Waals surface area contributed by atoms with Crippen LogP contribution in [0.2, 0.25) is 0 Å². The normalized spacial score (nSPS) is 11.4. The van der Waals surface area contributed by atoms with Crippen LogP contribution in [0.3, 0.4) is 0 Å². The molecule has 0 aromatic heterocycles. The fourth-order valence-electron chi connectivity index (χ4n) is 3.39. The average Bonchev–Trinajstić information content (AvgIpc) is 2.57. The number of quaternary nitrogens is 1. The summed E-state index contributed by atoms with van der Waals surface area (Å²) in [5, 5.41) is 0. The molecule has 2 nitrogen and oxygen atoms in total. The molecule has 0 radical (unpaired) electrons. The topological polar surface area (TPSA) is 12.0 Å². The SMILES string of the molecule is CCCCCCCC/C=C\CCCCCCCCN[N+](C)(C)CCC.Cl.[H-].[Na+]. The maximum Gasteiger partial charge on any atom is 1.00 e. The first-order valence-electron chi connectivity index (χ1n) is 11.4. The standard InChI is InChI=1S/C23H49N2.ClH.Na.H/c1-5-7-8-9-10-11-12-13-14-15-16-17-18-19-20-21-22-24-25(3,4)23-6-2;;;/h13-14,24H,5-12,15-23H2,1-4H3;1H;;/q+1;;+1;-1/b14-13-;;;. The van der Waals surface area contributed by atoms with Crippen molar-refractivity contribution in [2.24, 2.45) is 0 Å². The maximum atomic E-state index is 3.64. The van der Waals surface area contributed by atoms with Crippen molar-refractivity contribution >= 4 is 12.4 Å². The monoisotopic (exact) mass is 413 g/mol. The molecule has 0 atom stereocenters. The zero-order valence-corrected chi connectivity index (χ0v) is 22.3. The van der Waals surface area contributed by atoms with E-state index >= 15 is 0 Å². The molecule has 0 fully saturated rings. The van der Waals surface area contributed by atoms with Crippen LogP contribution >= 0.6 is 12.4 Å². The van der Waals surface area contributed by atoms with Crippen molar-refractivity contribution in [3.8, 4) is 0 Å². The largest absolute Gasteiger partial charge is 1.00 e. The summed E-state index contributed by atoms with van der Waals surface area (Å²) in [4.78, 5) is 0. The van der Waals surface area contributed by atoms with Crippen LogP contribution < -0.4 is 35.0 Å². The predicted octanol–water partition coefficient (Wildman–Crippen LogP) is 4.55. The molecule has 27 heavy (non-hydrogen) atoms. The first-order chi connectivity index (χ1) is 12.1. The van der Waals surface area contributed by atoms with Gasteiger partial charge in [0.05, 0.1) is 20.6 Å². The Kier molecular flexibility index (Phi) is 30.2. The van der Waals surface area contributed by atoms with Gasteiger partial charge in [0.2, 0.25) is 0 Å². The molecule has 0 spiro atoms. The summed E-state index contributed by atoms with van der Waals surface area (Å²) in [6.07, 6.45) is 25.5. The van der Waals surface area contributed by atoms with Crippen molar-refractivity contribution in [2.45, 2.75) is 110 Å². The quantitative estimate of drug-likeness (QED) is 0.108. The second-order valence-electron chi connectivity index (χ2n) is 8.25. The van der Waals surface area contributed by atoms with Gasteiger partial charge >= 0.3 is 29.6 Å². The molecule has 0 saturated carbocycles. The minimum absolute atomic E-state index is 0. The van der Waals surface area contributed by atoms with Gasteiger partial charge in [-0.3, -0.25) is 4.59 Å². The van der Waals surface area contributed by atoms with Crippen LogP contribution in [0.5, 0.6) is 0 Å². The number of rotatable bonds is 19. The van der Waals surface area contributed by atoms with E-state index in [1.54, 1.807) is 0 Å². The first-order valence-corrected chi connectivity index (χ1v) is 11.4. The summed E-state index contributed by atoms with van der Waals surface area (Å²) in [5.41, 5.74) is 3.64. The van der Waals surface area contributed by atoms with Crippen LogP contribution in [0.1, 0.15) is 112 Å². The molecule has 0 heterocycles. The van der Waals surface area contributed by atoms with Gasteiger partial charge in [-0.25, -0.2) is 0 Å². The Morgan fingerprint density at radius 3 is 1.59 bits per heavy atom. The van der Waals surface area contributed by atoms with Crippen molar-refractivity contribution in [1.29, 1.82) is 0 Å². The third-order valence-corrected chi connectivity index (χ3v) is 5.01. The molecule has 4 heteroatoms. The van der Waals surface area contributed by atoms with Crippen LogP contribution in [0.15, 0.2) is 12.2 Å². The zero-order valence-electron chi connectivity index (χ0n) is 20.5. The molecule has 0 amide bonds. The smallest absolute Gasteiger partial charge is 1.00 e. The molecule has 0 aliphatic heterocycles. The Hall–Kier alpha value is 0.950. The van der Waals surface area contributed by atoms with Crippen molar-refractivity contribution < 1.29 is 35.6 Å². The van der Waals surface area contributed by atoms with E-state index in [2.05, 4.69) is 45.5 Å². The number of allylic oxidation sites excluding steroid dienone is 2. The van der Waals surface area contributed by atoms with Gasteiger partial charge in [-0.05, 0) is 38.5 Å². The van der Waals surface area contributed by atoms with Gasteiger partial charge in [0.25, 0.3) is 0 Å². The van der Waals surface area contributed by atoms with E-state index in [-0.39, 0.29) is 43.4 Å². The second kappa shape index (κ2) is 25.0. The van der Waals surface area contributed by atoms with E-state index in [0.29, 0.717) is 0 Å². The Balaban J connectivity index is -0.000000960. The van der Waals surface area contributed by atoms with Crippen molar-refractivity contribution in [3.05, 3.63) is 12.2 Å². The maximum absolute atomic E-state index is 3.64. The molecule has 0 aromatic carbocycles. The van der Waals surface area contributed by atoms with E-state index in [1.807, 2.05) is 0 Å². The summed E-state index contributed by atoms with van der Waals surface area (Å²) in [6, 6.07) is 0. The third kappa shape index (κ3) is 26.9. The molecule has 160 valence electrons. The summed E-state index contributed by atoms with van der Waals surface area (Å²) in [7, 11) is 4.53. The van der Waals surface area contributed by atoms with Crippen molar-refractivity contribution in [1.82, 2.24) is 5.43 Å². The Morgan fingerprint density at radius 2 is 1.11 bits per heavy atom. The van der Waals surface area contributed by atoms with E-state index in [0.717, 1.165) is 11.1 Å². The molecule has 0 saturated heterocycles. The van der Waals surface area contributed by atoms with Crippen LogP contribution in [-0.2, 0) is 0 Å². The summed E-state index contributed by atoms with van der Waals surface area (Å²) >= 11 is 0. The molecular weight excluding hydrogens is 363 g/mol. The summed E-state index contributed by atoms with van der Waals surface area (Å²) in [5.74, 6) is 0. The zero-order chi connectivity index (χ0) is 18.6. The number of unbranched alkanes of at least 4 members (excludes halogenated alkanes) is 12. The van der Waals surface area contributed by atoms with Gasteiger partial charge in [0.15, 0.2) is 0 Å². The van der Waals surface area contributed by atoms with E-state index in [1.165, 1.54) is 103 Å². The van der Waals surface area contributed by atoms with E-state index in [9.17, 15) is 0 Å². The second-order valence-corrected chi connectivity index (χ2v) is 8.25. The molecule has 0 aliphatic rings. The van der Waals surface area contributed by atoms with Crippen LogP contribution in [-0.4, -0.2) is 31.8 Å². The van der Waals surface area contributed by atoms with Crippen molar-refractivity contribution in [2.75, 3.05) is 27.2 Å². The van der Waals surface area contributed by atoms with Gasteiger partial charge in [-0.2, -0.15) is 5.43 Å². The van der Waals surface area contributed by atoms with Gasteiger partial charge in [0.1, 0.15) is 0 Å². The summed E-state index contributed by atoms with van der Waals surface area (Å²) in [6.45, 7) is 6.92. The van der Waals surface area contributed by atoms with Crippen LogP contribution in [0.4, 0.5) is 0 Å². The number of halogens is 1. The van der Waals surface area contributed by atoms with Gasteiger partial charge in [0, 0.05) is 6.54 Å². The Labute approximate surface area is 202 Å². The van der Waals surface area contributed by atoms with Gasteiger partial charge in [-0.1, -0.05) is 83.8 Å². The van der Waals surface area contributed by atoms with Gasteiger partial charge < -0.3 is 1.43 Å². The fraction of sp³-hybridized carbons (Fsp3) is 0.913. The van der Waals surface area contributed by atoms with E-state index < -0.39 is 0 Å². The Bertz CT molecular complexity index is 302. The van der Waals surface area contributed by atoms with Crippen LogP contribution in [0, 0.1) is 0 Å². The number of hydrogen-bond donors (Lipinski definition) is 1. The van der Waals surface area contributed by atoms with Crippen LogP contribution in [0.25, 0.3) is 0 Å². The summed E-state index contributed by atoms with van der Waals surface area (Å²) < 4.78 is 0.960. The molecule has 0 aromatic rings. The molecule has 0 bridgehead atoms. The van der Waals surface area contributed by atoms with Gasteiger partial charge in [-0.15, -0.1) is 12.4 Å². The van der Waals surface area contributed by atoms with E-state index in [4.69, 9.17) is 0 Å². The number of nitrogens with one attached hydrogen (secondary N) is 1. The Morgan fingerprint density at radius 1 is 0.667 bits per heavy atom. The molecule has 1 N–H and O–H groups in total. The first kappa shape index (κ1) is 32.6. The average molecular weight is 414 g/mol. The molecular formula is C23H51ClN2Na+. The minimum Gasteiger partial charge on any atom is -1.00 e. The molecule has 0 aliphatic carbocycles. The molecule has 0 rings (SSSR count). The fourth-order valence-corrected chi connectivity index (χ4v) is 3.39. The number of nitrogens with zero attached hydrogens (tertiary/aromatic N) is 1.